The van der Waals surface area contributed by atoms with Gasteiger partial charge >= 0.3 is 18.0 Å². The first-order valence-corrected chi connectivity index (χ1v) is 14.0. The van der Waals surface area contributed by atoms with E-state index in [2.05, 4.69) is 12.2 Å². The van der Waals surface area contributed by atoms with Gasteiger partial charge in [-0.05, 0) is 42.9 Å². The number of carbonyl (C=O) groups excluding carboxylic acids is 4. The normalized spacial score (nSPS) is 15.3. The summed E-state index contributed by atoms with van der Waals surface area (Å²) in [7, 11) is 1.72. The van der Waals surface area contributed by atoms with E-state index in [1.807, 2.05) is 0 Å². The van der Waals surface area contributed by atoms with Crippen molar-refractivity contribution in [1.29, 1.82) is 0 Å². The van der Waals surface area contributed by atoms with E-state index in [0.717, 1.165) is 51.4 Å². The zero-order chi connectivity index (χ0) is 27.9. The van der Waals surface area contributed by atoms with Crippen LogP contribution in [0.5, 0.6) is 0 Å². The Kier molecular flexibility index (Phi) is 14.2. The van der Waals surface area contributed by atoms with Crippen molar-refractivity contribution in [3.63, 3.8) is 0 Å². The summed E-state index contributed by atoms with van der Waals surface area (Å²) in [6.07, 6.45) is 7.81. The van der Waals surface area contributed by atoms with Crippen LogP contribution in [0.2, 0.25) is 5.02 Å². The summed E-state index contributed by atoms with van der Waals surface area (Å²) in [5.74, 6) is -1.69. The molecule has 0 aromatic heterocycles. The summed E-state index contributed by atoms with van der Waals surface area (Å²) in [6.45, 7) is 2.71. The fourth-order valence-electron chi connectivity index (χ4n) is 4.49. The number of alkyl carbamates (subject to hydrolysis) is 1. The van der Waals surface area contributed by atoms with E-state index in [1.54, 1.807) is 36.2 Å². The van der Waals surface area contributed by atoms with E-state index < -0.39 is 30.1 Å². The quantitative estimate of drug-likeness (QED) is 0.194. The van der Waals surface area contributed by atoms with Gasteiger partial charge in [0.1, 0.15) is 18.7 Å². The van der Waals surface area contributed by atoms with E-state index >= 15 is 0 Å². The molecular weight excluding hydrogens is 510 g/mol. The minimum atomic E-state index is -1.13. The van der Waals surface area contributed by atoms with E-state index in [4.69, 9.17) is 26.8 Å². The number of nitrogens with two attached hydrogens (primary N) is 1. The van der Waals surface area contributed by atoms with Crippen molar-refractivity contribution in [3.8, 4) is 0 Å². The zero-order valence-corrected chi connectivity index (χ0v) is 23.3. The molecule has 1 fully saturated rings. The van der Waals surface area contributed by atoms with Gasteiger partial charge < -0.3 is 25.4 Å². The molecule has 2 rings (SSSR count). The monoisotopic (exact) mass is 551 g/mol. The molecule has 10 heteroatoms. The maximum Gasteiger partial charge on any atom is 0.408 e. The van der Waals surface area contributed by atoms with E-state index in [-0.39, 0.29) is 31.3 Å². The van der Waals surface area contributed by atoms with Gasteiger partial charge in [0.05, 0.1) is 0 Å². The Morgan fingerprint density at radius 2 is 1.87 bits per heavy atom. The maximum absolute atomic E-state index is 12.9. The van der Waals surface area contributed by atoms with Crippen molar-refractivity contribution in [2.75, 3.05) is 13.6 Å². The summed E-state index contributed by atoms with van der Waals surface area (Å²) in [4.78, 5) is 51.9. The van der Waals surface area contributed by atoms with Crippen molar-refractivity contribution in [3.05, 3.63) is 34.9 Å². The molecule has 212 valence electrons. The van der Waals surface area contributed by atoms with Gasteiger partial charge in [0.25, 0.3) is 0 Å². The van der Waals surface area contributed by atoms with Crippen molar-refractivity contribution < 1.29 is 28.7 Å². The molecule has 1 saturated carbocycles. The molecule has 1 aliphatic rings. The number of benzene rings is 1. The molecular formula is C28H42ClN3O6. The molecule has 0 spiro atoms. The second-order valence-electron chi connectivity index (χ2n) is 10.1. The molecule has 3 N–H and O–H groups in total. The second-order valence-corrected chi connectivity index (χ2v) is 10.5. The zero-order valence-electron chi connectivity index (χ0n) is 22.6. The lowest BCUT2D eigenvalue weighted by Crippen LogP contribution is -2.46. The molecule has 0 bridgehead atoms. The lowest BCUT2D eigenvalue weighted by molar-refractivity contribution is -0.162. The van der Waals surface area contributed by atoms with Gasteiger partial charge in [-0.1, -0.05) is 75.6 Å². The number of nitrogens with one attached hydrogen (secondary N) is 1. The number of carbonyl (C=O) groups is 4. The van der Waals surface area contributed by atoms with Crippen LogP contribution in [0.1, 0.15) is 83.1 Å². The highest BCUT2D eigenvalue weighted by molar-refractivity contribution is 6.30. The first kappa shape index (κ1) is 31.6. The summed E-state index contributed by atoms with van der Waals surface area (Å²) >= 11 is 5.97. The maximum atomic E-state index is 12.9. The molecule has 1 aliphatic carbocycles. The minimum absolute atomic E-state index is 0.0255. The van der Waals surface area contributed by atoms with Crippen LogP contribution in [0.15, 0.2) is 24.3 Å². The van der Waals surface area contributed by atoms with Crippen LogP contribution < -0.4 is 11.1 Å². The average molecular weight is 552 g/mol. The van der Waals surface area contributed by atoms with Crippen LogP contribution in [0, 0.1) is 5.92 Å². The predicted molar refractivity (Wildman–Crippen MR) is 145 cm³/mol. The highest BCUT2D eigenvalue weighted by Crippen LogP contribution is 2.27. The molecule has 2 amide bonds. The Balaban J connectivity index is 1.89. The van der Waals surface area contributed by atoms with Crippen LogP contribution >= 0.6 is 11.6 Å². The van der Waals surface area contributed by atoms with Crippen LogP contribution in [0.25, 0.3) is 0 Å². The van der Waals surface area contributed by atoms with E-state index in [9.17, 15) is 19.2 Å². The third-order valence-corrected chi connectivity index (χ3v) is 7.06. The highest BCUT2D eigenvalue weighted by Gasteiger charge is 2.31. The van der Waals surface area contributed by atoms with Crippen molar-refractivity contribution in [2.24, 2.45) is 11.7 Å². The Morgan fingerprint density at radius 3 is 2.55 bits per heavy atom. The first-order chi connectivity index (χ1) is 18.2. The third kappa shape index (κ3) is 11.8. The fourth-order valence-corrected chi connectivity index (χ4v) is 4.70. The third-order valence-electron chi connectivity index (χ3n) is 6.83. The number of hydrogen-bond acceptors (Lipinski definition) is 7. The molecule has 0 saturated heterocycles. The van der Waals surface area contributed by atoms with E-state index in [0.29, 0.717) is 23.6 Å². The van der Waals surface area contributed by atoms with Crippen molar-refractivity contribution >= 4 is 35.5 Å². The Hall–Kier alpha value is -2.65. The van der Waals surface area contributed by atoms with E-state index in [1.165, 1.54) is 0 Å². The summed E-state index contributed by atoms with van der Waals surface area (Å²) in [6, 6.07) is 4.72. The van der Waals surface area contributed by atoms with Crippen LogP contribution in [0.4, 0.5) is 4.79 Å². The number of hydrogen-bond donors (Lipinski definition) is 2. The van der Waals surface area contributed by atoms with Crippen molar-refractivity contribution in [2.45, 2.75) is 96.2 Å². The number of unbranched alkanes of at least 4 members (excludes halogenated alkanes) is 2. The smallest absolute Gasteiger partial charge is 0.408 e. The predicted octanol–water partition coefficient (Wildman–Crippen LogP) is 4.73. The number of halogens is 1. The lowest BCUT2D eigenvalue weighted by Gasteiger charge is -2.26. The fraction of sp³-hybridized carbons (Fsp3) is 0.643. The topological polar surface area (TPSA) is 128 Å². The molecule has 1 aromatic carbocycles. The van der Waals surface area contributed by atoms with Gasteiger partial charge in [-0.15, -0.1) is 0 Å². The van der Waals surface area contributed by atoms with Gasteiger partial charge in [0.15, 0.2) is 0 Å². The second kappa shape index (κ2) is 17.0. The number of amides is 2. The Bertz CT molecular complexity index is 922. The van der Waals surface area contributed by atoms with Crippen molar-refractivity contribution in [1.82, 2.24) is 10.2 Å². The molecule has 0 unspecified atom stereocenters. The molecule has 0 radical (unpaired) electrons. The number of nitrogens with zero attached hydrogens (tertiary/aromatic N) is 1. The average Bonchev–Trinajstić information content (AvgIpc) is 2.90. The van der Waals surface area contributed by atoms with Gasteiger partial charge in [0, 0.05) is 25.0 Å². The highest BCUT2D eigenvalue weighted by atomic mass is 35.5. The standard InChI is InChI=1S/C28H42ClN3O6/c1-3-4-8-16-32(2)25(33)15-14-23(30)26(34)38-27(35)24(18-20-10-6-5-7-11-20)31-28(36)37-19-21-12-9-13-22(29)17-21/h9,12-13,17,20,23-24H,3-8,10-11,14-16,18-19,30H2,1-2H3,(H,31,36)/t23-,24-/m0/s1. The Morgan fingerprint density at radius 1 is 1.13 bits per heavy atom. The largest absolute Gasteiger partial charge is 0.445 e. The number of esters is 2. The molecule has 38 heavy (non-hydrogen) atoms. The van der Waals surface area contributed by atoms with Gasteiger partial charge in [0.2, 0.25) is 5.91 Å². The van der Waals surface area contributed by atoms with Gasteiger partial charge in [-0.3, -0.25) is 4.79 Å². The molecule has 0 aliphatic heterocycles. The number of rotatable bonds is 14. The molecule has 1 aromatic rings. The summed E-state index contributed by atoms with van der Waals surface area (Å²) in [5, 5.41) is 3.08. The molecule has 2 atom stereocenters. The van der Waals surface area contributed by atoms with Gasteiger partial charge in [-0.25, -0.2) is 14.4 Å². The summed E-state index contributed by atoms with van der Waals surface area (Å²) < 4.78 is 10.3. The molecule has 0 heterocycles. The van der Waals surface area contributed by atoms with Crippen LogP contribution in [-0.2, 0) is 30.5 Å². The van der Waals surface area contributed by atoms with Crippen LogP contribution in [-0.4, -0.2) is 54.5 Å². The Labute approximate surface area is 230 Å². The van der Waals surface area contributed by atoms with Gasteiger partial charge in [-0.2, -0.15) is 0 Å². The number of ether oxygens (including phenoxy) is 2. The minimum Gasteiger partial charge on any atom is -0.445 e. The molecule has 9 nitrogen and oxygen atoms in total. The SMILES string of the molecule is CCCCCN(C)C(=O)CC[C@H](N)C(=O)OC(=O)[C@H](CC1CCCCC1)NC(=O)OCc1cccc(Cl)c1. The first-order valence-electron chi connectivity index (χ1n) is 13.6. The lowest BCUT2D eigenvalue weighted by atomic mass is 9.85. The van der Waals surface area contributed by atoms with Crippen LogP contribution in [0.3, 0.4) is 0 Å². The summed E-state index contributed by atoms with van der Waals surface area (Å²) in [5.41, 5.74) is 6.63.